The molecule has 3 aromatic rings. The van der Waals surface area contributed by atoms with Gasteiger partial charge in [-0.2, -0.15) is 0 Å². The molecule has 0 aliphatic heterocycles. The molecule has 11 heteroatoms. The topological polar surface area (TPSA) is 127 Å². The summed E-state index contributed by atoms with van der Waals surface area (Å²) >= 11 is 0. The van der Waals surface area contributed by atoms with Gasteiger partial charge in [0.25, 0.3) is 10.0 Å². The third-order valence-electron chi connectivity index (χ3n) is 4.90. The van der Waals surface area contributed by atoms with Gasteiger partial charge in [0.1, 0.15) is 0 Å². The molecule has 1 N–H and O–H groups in total. The number of amides is 1. The van der Waals surface area contributed by atoms with Crippen LogP contribution in [0.15, 0.2) is 70.8 Å². The van der Waals surface area contributed by atoms with Crippen LogP contribution in [0.3, 0.4) is 0 Å². The van der Waals surface area contributed by atoms with Crippen molar-refractivity contribution in [1.29, 1.82) is 0 Å². The summed E-state index contributed by atoms with van der Waals surface area (Å²) in [5, 5.41) is 9.67. The zero-order chi connectivity index (χ0) is 25.3. The monoisotopic (exact) mass is 505 g/mol. The van der Waals surface area contributed by atoms with Crippen LogP contribution >= 0.6 is 0 Å². The fourth-order valence-corrected chi connectivity index (χ4v) is 5.66. The summed E-state index contributed by atoms with van der Waals surface area (Å²) in [5.41, 5.74) is 0.960. The highest BCUT2D eigenvalue weighted by atomic mass is 32.2. The third-order valence-corrected chi connectivity index (χ3v) is 7.68. The molecule has 2 heterocycles. The number of carboxylic acid groups (broad SMARTS) is 1. The van der Waals surface area contributed by atoms with Crippen molar-refractivity contribution in [3.8, 4) is 11.3 Å². The molecule has 0 aliphatic rings. The highest BCUT2D eigenvalue weighted by Gasteiger charge is 2.26. The fraction of sp³-hybridized carbons (Fsp3) is 0.304. The molecule has 0 atom stereocenters. The fourth-order valence-electron chi connectivity index (χ4n) is 3.47. The van der Waals surface area contributed by atoms with E-state index in [2.05, 4.69) is 4.98 Å². The van der Waals surface area contributed by atoms with E-state index in [0.717, 1.165) is 16.3 Å². The van der Waals surface area contributed by atoms with Gasteiger partial charge in [-0.25, -0.2) is 25.6 Å². The van der Waals surface area contributed by atoms with E-state index < -0.39 is 26.0 Å². The lowest BCUT2D eigenvalue weighted by molar-refractivity contribution is 0.123. The molecule has 0 unspecified atom stereocenters. The van der Waals surface area contributed by atoms with E-state index in [9.17, 15) is 26.7 Å². The van der Waals surface area contributed by atoms with Crippen LogP contribution in [0.4, 0.5) is 4.79 Å². The standard InChI is InChI=1S/C23H27N3O6S2/c1-23(2,3)16-25(22(27)28)14-17-11-21(18-7-6-10-24-13-18)26(15-17)34(31,32)20-9-5-8-19(12-20)33(4,29)30/h5-13,15H,14,16H2,1-4H3,(H,27,28). The van der Waals surface area contributed by atoms with Gasteiger partial charge in [0.05, 0.1) is 22.0 Å². The molecular formula is C23H27N3O6S2. The molecule has 2 aromatic heterocycles. The van der Waals surface area contributed by atoms with E-state index >= 15 is 0 Å². The Labute approximate surface area is 199 Å². The van der Waals surface area contributed by atoms with Crippen LogP contribution in [0.5, 0.6) is 0 Å². The maximum atomic E-state index is 13.6. The molecule has 182 valence electrons. The first kappa shape index (κ1) is 25.4. The summed E-state index contributed by atoms with van der Waals surface area (Å²) in [7, 11) is -7.84. The summed E-state index contributed by atoms with van der Waals surface area (Å²) in [5.74, 6) is 0. The molecule has 0 aliphatic carbocycles. The maximum Gasteiger partial charge on any atom is 0.407 e. The molecule has 0 spiro atoms. The third kappa shape index (κ3) is 5.84. The van der Waals surface area contributed by atoms with Crippen LogP contribution in [0.1, 0.15) is 26.3 Å². The quantitative estimate of drug-likeness (QED) is 0.518. The van der Waals surface area contributed by atoms with Gasteiger partial charge in [-0.05, 0) is 47.4 Å². The van der Waals surface area contributed by atoms with E-state index in [1.807, 2.05) is 20.8 Å². The van der Waals surface area contributed by atoms with Crippen LogP contribution < -0.4 is 0 Å². The molecule has 0 fully saturated rings. The predicted molar refractivity (Wildman–Crippen MR) is 128 cm³/mol. The second-order valence-corrected chi connectivity index (χ2v) is 13.1. The van der Waals surface area contributed by atoms with E-state index in [0.29, 0.717) is 11.1 Å². The van der Waals surface area contributed by atoms with Gasteiger partial charge in [0, 0.05) is 37.0 Å². The van der Waals surface area contributed by atoms with Crippen LogP contribution in [0.25, 0.3) is 11.3 Å². The van der Waals surface area contributed by atoms with Gasteiger partial charge < -0.3 is 10.0 Å². The Morgan fingerprint density at radius 3 is 2.29 bits per heavy atom. The van der Waals surface area contributed by atoms with E-state index in [4.69, 9.17) is 0 Å². The molecule has 3 rings (SSSR count). The minimum atomic E-state index is -4.21. The van der Waals surface area contributed by atoms with Crippen molar-refractivity contribution in [1.82, 2.24) is 13.9 Å². The summed E-state index contributed by atoms with van der Waals surface area (Å²) in [6.07, 6.45) is 4.31. The SMILES string of the molecule is CC(C)(C)CN(Cc1cc(-c2cccnc2)n(S(=O)(=O)c2cccc(S(C)(=O)=O)c2)c1)C(=O)O. The zero-order valence-electron chi connectivity index (χ0n) is 19.3. The summed E-state index contributed by atoms with van der Waals surface area (Å²) in [6, 6.07) is 10.1. The highest BCUT2D eigenvalue weighted by Crippen LogP contribution is 2.29. The van der Waals surface area contributed by atoms with Crippen molar-refractivity contribution < 1.29 is 26.7 Å². The lowest BCUT2D eigenvalue weighted by Crippen LogP contribution is -2.36. The number of rotatable bonds is 7. The first-order chi connectivity index (χ1) is 15.7. The van der Waals surface area contributed by atoms with Crippen molar-refractivity contribution in [2.75, 3.05) is 12.8 Å². The van der Waals surface area contributed by atoms with Gasteiger partial charge in [0.2, 0.25) is 0 Å². The number of hydrogen-bond donors (Lipinski definition) is 1. The van der Waals surface area contributed by atoms with Gasteiger partial charge in [0.15, 0.2) is 9.84 Å². The summed E-state index contributed by atoms with van der Waals surface area (Å²) in [6.45, 7) is 5.96. The normalized spacial score (nSPS) is 12.5. The van der Waals surface area contributed by atoms with Gasteiger partial charge in [-0.1, -0.05) is 26.8 Å². The number of pyridine rings is 1. The first-order valence-electron chi connectivity index (χ1n) is 10.3. The Hall–Kier alpha value is -3.18. The van der Waals surface area contributed by atoms with E-state index in [1.165, 1.54) is 35.5 Å². The average Bonchev–Trinajstić information content (AvgIpc) is 3.17. The Morgan fingerprint density at radius 1 is 1.06 bits per heavy atom. The van der Waals surface area contributed by atoms with Crippen molar-refractivity contribution in [2.24, 2.45) is 5.41 Å². The van der Waals surface area contributed by atoms with Crippen LogP contribution in [0.2, 0.25) is 0 Å². The number of aromatic nitrogens is 2. The van der Waals surface area contributed by atoms with Gasteiger partial charge >= 0.3 is 6.09 Å². The van der Waals surface area contributed by atoms with Crippen LogP contribution in [-0.2, 0) is 26.4 Å². The molecule has 9 nitrogen and oxygen atoms in total. The Morgan fingerprint density at radius 2 is 1.74 bits per heavy atom. The molecular weight excluding hydrogens is 478 g/mol. The molecule has 34 heavy (non-hydrogen) atoms. The average molecular weight is 506 g/mol. The smallest absolute Gasteiger partial charge is 0.407 e. The molecule has 0 saturated heterocycles. The second kappa shape index (κ2) is 9.22. The van der Waals surface area contributed by atoms with E-state index in [-0.39, 0.29) is 34.0 Å². The van der Waals surface area contributed by atoms with E-state index in [1.54, 1.807) is 24.4 Å². The molecule has 1 amide bonds. The lowest BCUT2D eigenvalue weighted by Gasteiger charge is -2.27. The Balaban J connectivity index is 2.15. The van der Waals surface area contributed by atoms with Crippen LogP contribution in [-0.4, -0.2) is 54.7 Å². The Kier molecular flexibility index (Phi) is 6.90. The first-order valence-corrected chi connectivity index (χ1v) is 13.7. The summed E-state index contributed by atoms with van der Waals surface area (Å²) in [4.78, 5) is 16.8. The van der Waals surface area contributed by atoms with Crippen molar-refractivity contribution >= 4 is 26.0 Å². The largest absolute Gasteiger partial charge is 0.465 e. The number of nitrogens with zero attached hydrogens (tertiary/aromatic N) is 3. The minimum absolute atomic E-state index is 0.0221. The number of sulfone groups is 1. The molecule has 0 radical (unpaired) electrons. The Bertz CT molecular complexity index is 1410. The van der Waals surface area contributed by atoms with Crippen molar-refractivity contribution in [3.63, 3.8) is 0 Å². The number of hydrogen-bond acceptors (Lipinski definition) is 6. The second-order valence-electron chi connectivity index (χ2n) is 9.22. The number of benzene rings is 1. The molecule has 0 bridgehead atoms. The number of carbonyl (C=O) groups is 1. The molecule has 0 saturated carbocycles. The summed E-state index contributed by atoms with van der Waals surface area (Å²) < 4.78 is 52.2. The maximum absolute atomic E-state index is 13.6. The minimum Gasteiger partial charge on any atom is -0.465 e. The van der Waals surface area contributed by atoms with Crippen molar-refractivity contribution in [2.45, 2.75) is 37.1 Å². The predicted octanol–water partition coefficient (Wildman–Crippen LogP) is 3.72. The van der Waals surface area contributed by atoms with Crippen LogP contribution in [0, 0.1) is 5.41 Å². The van der Waals surface area contributed by atoms with Crippen molar-refractivity contribution in [3.05, 3.63) is 66.6 Å². The van der Waals surface area contributed by atoms with Gasteiger partial charge in [-0.3, -0.25) is 4.98 Å². The molecule has 1 aromatic carbocycles. The van der Waals surface area contributed by atoms with Gasteiger partial charge in [-0.15, -0.1) is 0 Å². The lowest BCUT2D eigenvalue weighted by atomic mass is 9.96. The highest BCUT2D eigenvalue weighted by molar-refractivity contribution is 7.91. The zero-order valence-corrected chi connectivity index (χ0v) is 21.0.